The first-order chi connectivity index (χ1) is 10.5. The van der Waals surface area contributed by atoms with Gasteiger partial charge in [-0.15, -0.1) is 0 Å². The van der Waals surface area contributed by atoms with Crippen LogP contribution in [-0.2, 0) is 21.2 Å². The van der Waals surface area contributed by atoms with E-state index in [4.69, 9.17) is 9.84 Å². The Labute approximate surface area is 129 Å². The number of sulfonamides is 1. The molecule has 0 unspecified atom stereocenters. The number of aliphatic carboxylic acids is 1. The lowest BCUT2D eigenvalue weighted by Gasteiger charge is -2.30. The van der Waals surface area contributed by atoms with Crippen LogP contribution in [0, 0.1) is 5.92 Å². The van der Waals surface area contributed by atoms with Gasteiger partial charge in [-0.25, -0.2) is 8.42 Å². The summed E-state index contributed by atoms with van der Waals surface area (Å²) < 4.78 is 32.6. The number of ether oxygens (including phenoxy) is 1. The Balaban J connectivity index is 1.87. The first kappa shape index (κ1) is 15.3. The Morgan fingerprint density at radius 1 is 1.27 bits per heavy atom. The topological polar surface area (TPSA) is 83.9 Å². The highest BCUT2D eigenvalue weighted by atomic mass is 32.2. The Morgan fingerprint density at radius 2 is 2.00 bits per heavy atom. The molecule has 22 heavy (non-hydrogen) atoms. The first-order valence-electron chi connectivity index (χ1n) is 7.48. The van der Waals surface area contributed by atoms with Crippen LogP contribution in [0.1, 0.15) is 24.8 Å². The minimum Gasteiger partial charge on any atom is -0.492 e. The summed E-state index contributed by atoms with van der Waals surface area (Å²) in [5.41, 5.74) is 0.924. The summed E-state index contributed by atoms with van der Waals surface area (Å²) in [5.74, 6) is -0.834. The Kier molecular flexibility index (Phi) is 4.10. The molecule has 2 aliphatic rings. The number of carbonyl (C=O) groups is 1. The van der Waals surface area contributed by atoms with Gasteiger partial charge in [0.15, 0.2) is 0 Å². The fraction of sp³-hybridized carbons (Fsp3) is 0.533. The quantitative estimate of drug-likeness (QED) is 0.910. The number of hydrogen-bond acceptors (Lipinski definition) is 4. The Bertz CT molecular complexity index is 677. The number of carboxylic acids is 1. The average molecular weight is 325 g/mol. The molecule has 120 valence electrons. The molecule has 0 saturated carbocycles. The summed E-state index contributed by atoms with van der Waals surface area (Å²) in [6.45, 7) is 1.01. The van der Waals surface area contributed by atoms with Gasteiger partial charge >= 0.3 is 5.97 Å². The van der Waals surface area contributed by atoms with Crippen molar-refractivity contribution in [3.05, 3.63) is 23.8 Å². The standard InChI is InChI=1S/C15H19NO5S/c17-15(18)12-6-8-16(9-7-12)22(19,20)13-5-1-3-11-4-2-10-21-14(11)13/h1,3,5,12H,2,4,6-10H2,(H,17,18). The van der Waals surface area contributed by atoms with E-state index in [1.54, 1.807) is 12.1 Å². The van der Waals surface area contributed by atoms with E-state index in [0.29, 0.717) is 25.2 Å². The highest BCUT2D eigenvalue weighted by Crippen LogP contribution is 2.35. The van der Waals surface area contributed by atoms with E-state index in [9.17, 15) is 13.2 Å². The highest BCUT2D eigenvalue weighted by molar-refractivity contribution is 7.89. The van der Waals surface area contributed by atoms with Gasteiger partial charge in [-0.05, 0) is 37.3 Å². The van der Waals surface area contributed by atoms with Crippen molar-refractivity contribution in [2.24, 2.45) is 5.92 Å². The second-order valence-electron chi connectivity index (χ2n) is 5.71. The Morgan fingerprint density at radius 3 is 2.68 bits per heavy atom. The second kappa shape index (κ2) is 5.89. The summed E-state index contributed by atoms with van der Waals surface area (Å²) in [5, 5.41) is 9.01. The molecule has 2 aliphatic heterocycles. The lowest BCUT2D eigenvalue weighted by molar-refractivity contribution is -0.142. The molecule has 3 rings (SSSR count). The number of para-hydroxylation sites is 1. The van der Waals surface area contributed by atoms with Crippen LogP contribution in [0.4, 0.5) is 0 Å². The molecule has 6 nitrogen and oxygen atoms in total. The zero-order valence-electron chi connectivity index (χ0n) is 12.2. The van der Waals surface area contributed by atoms with Gasteiger partial charge in [-0.2, -0.15) is 4.31 Å². The van der Waals surface area contributed by atoms with Gasteiger partial charge in [-0.1, -0.05) is 12.1 Å². The number of piperidine rings is 1. The third-order valence-corrected chi connectivity index (χ3v) is 6.24. The van der Waals surface area contributed by atoms with Gasteiger partial charge in [0.25, 0.3) is 0 Å². The van der Waals surface area contributed by atoms with Gasteiger partial charge in [-0.3, -0.25) is 4.79 Å². The fourth-order valence-corrected chi connectivity index (χ4v) is 4.69. The molecule has 1 aromatic rings. The van der Waals surface area contributed by atoms with Crippen LogP contribution in [-0.4, -0.2) is 43.5 Å². The summed E-state index contributed by atoms with van der Waals surface area (Å²) in [4.78, 5) is 11.2. The van der Waals surface area contributed by atoms with Gasteiger partial charge in [0, 0.05) is 13.1 Å². The second-order valence-corrected chi connectivity index (χ2v) is 7.62. The maximum atomic E-state index is 12.8. The van der Waals surface area contributed by atoms with Crippen molar-refractivity contribution >= 4 is 16.0 Å². The normalized spacial score (nSPS) is 20.2. The van der Waals surface area contributed by atoms with Crippen LogP contribution in [0.5, 0.6) is 5.75 Å². The van der Waals surface area contributed by atoms with Gasteiger partial charge < -0.3 is 9.84 Å². The van der Waals surface area contributed by atoms with Crippen molar-refractivity contribution in [1.29, 1.82) is 0 Å². The number of nitrogens with zero attached hydrogens (tertiary/aromatic N) is 1. The molecule has 0 radical (unpaired) electrons. The van der Waals surface area contributed by atoms with E-state index < -0.39 is 21.9 Å². The van der Waals surface area contributed by atoms with Crippen molar-refractivity contribution in [3.8, 4) is 5.75 Å². The zero-order chi connectivity index (χ0) is 15.7. The van der Waals surface area contributed by atoms with Crippen molar-refractivity contribution in [2.75, 3.05) is 19.7 Å². The summed E-state index contributed by atoms with van der Waals surface area (Å²) in [6.07, 6.45) is 2.41. The number of rotatable bonds is 3. The van der Waals surface area contributed by atoms with Gasteiger partial charge in [0.05, 0.1) is 12.5 Å². The smallest absolute Gasteiger partial charge is 0.306 e. The maximum absolute atomic E-state index is 12.8. The van der Waals surface area contributed by atoms with Gasteiger partial charge in [0.2, 0.25) is 10.0 Å². The molecule has 0 amide bonds. The molecule has 7 heteroatoms. The third-order valence-electron chi connectivity index (χ3n) is 4.32. The highest BCUT2D eigenvalue weighted by Gasteiger charge is 2.34. The lowest BCUT2D eigenvalue weighted by atomic mass is 9.99. The van der Waals surface area contributed by atoms with Gasteiger partial charge in [0.1, 0.15) is 10.6 Å². The largest absolute Gasteiger partial charge is 0.492 e. The van der Waals surface area contributed by atoms with Crippen molar-refractivity contribution in [1.82, 2.24) is 4.31 Å². The molecule has 0 bridgehead atoms. The number of aryl methyl sites for hydroxylation is 1. The molecule has 1 saturated heterocycles. The molecular weight excluding hydrogens is 306 g/mol. The van der Waals surface area contributed by atoms with Crippen LogP contribution in [0.25, 0.3) is 0 Å². The molecular formula is C15H19NO5S. The van der Waals surface area contributed by atoms with Crippen molar-refractivity contribution < 1.29 is 23.1 Å². The third kappa shape index (κ3) is 2.70. The van der Waals surface area contributed by atoms with E-state index in [1.807, 2.05) is 6.07 Å². The van der Waals surface area contributed by atoms with Crippen LogP contribution in [0.15, 0.2) is 23.1 Å². The van der Waals surface area contributed by atoms with Crippen LogP contribution >= 0.6 is 0 Å². The number of hydrogen-bond donors (Lipinski definition) is 1. The summed E-state index contributed by atoms with van der Waals surface area (Å²) in [6, 6.07) is 5.21. The molecule has 1 aromatic carbocycles. The number of fused-ring (bicyclic) bond motifs is 1. The number of benzene rings is 1. The number of carboxylic acid groups (broad SMARTS) is 1. The fourth-order valence-electron chi connectivity index (χ4n) is 3.04. The zero-order valence-corrected chi connectivity index (χ0v) is 13.0. The SMILES string of the molecule is O=C(O)C1CCN(S(=O)(=O)c2cccc3c2OCCC3)CC1. The molecule has 2 heterocycles. The first-order valence-corrected chi connectivity index (χ1v) is 8.92. The van der Waals surface area contributed by atoms with E-state index >= 15 is 0 Å². The molecule has 0 atom stereocenters. The lowest BCUT2D eigenvalue weighted by Crippen LogP contribution is -2.40. The molecule has 0 aliphatic carbocycles. The van der Waals surface area contributed by atoms with Crippen molar-refractivity contribution in [3.63, 3.8) is 0 Å². The van der Waals surface area contributed by atoms with E-state index in [1.165, 1.54) is 4.31 Å². The minimum atomic E-state index is -3.64. The molecule has 1 N–H and O–H groups in total. The maximum Gasteiger partial charge on any atom is 0.306 e. The predicted molar refractivity (Wildman–Crippen MR) is 79.4 cm³/mol. The van der Waals surface area contributed by atoms with Crippen molar-refractivity contribution in [2.45, 2.75) is 30.6 Å². The molecule has 0 aromatic heterocycles. The van der Waals surface area contributed by atoms with E-state index in [-0.39, 0.29) is 18.0 Å². The minimum absolute atomic E-state index is 0.207. The average Bonchev–Trinajstić information content (AvgIpc) is 2.54. The predicted octanol–water partition coefficient (Wildman–Crippen LogP) is 1.50. The molecule has 1 fully saturated rings. The molecule has 0 spiro atoms. The van der Waals surface area contributed by atoms with E-state index in [0.717, 1.165) is 18.4 Å². The van der Waals surface area contributed by atoms with E-state index in [2.05, 4.69) is 0 Å². The summed E-state index contributed by atoms with van der Waals surface area (Å²) >= 11 is 0. The summed E-state index contributed by atoms with van der Waals surface area (Å²) in [7, 11) is -3.64. The van der Waals surface area contributed by atoms with Crippen LogP contribution in [0.2, 0.25) is 0 Å². The van der Waals surface area contributed by atoms with Crippen LogP contribution < -0.4 is 4.74 Å². The Hall–Kier alpha value is -1.60. The van der Waals surface area contributed by atoms with Crippen LogP contribution in [0.3, 0.4) is 0 Å². The monoisotopic (exact) mass is 325 g/mol.